The zero-order valence-electron chi connectivity index (χ0n) is 16.7. The van der Waals surface area contributed by atoms with Crippen LogP contribution < -0.4 is 14.2 Å². The van der Waals surface area contributed by atoms with Gasteiger partial charge in [0, 0.05) is 6.07 Å². The van der Waals surface area contributed by atoms with E-state index in [1.807, 2.05) is 36.4 Å². The molecule has 1 fully saturated rings. The highest BCUT2D eigenvalue weighted by Crippen LogP contribution is 2.46. The Balaban J connectivity index is 1.54. The number of hydrogen-bond acceptors (Lipinski definition) is 3. The van der Waals surface area contributed by atoms with Crippen molar-refractivity contribution in [2.45, 2.75) is 56.8 Å². The third-order valence-electron chi connectivity index (χ3n) is 5.84. The second-order valence-electron chi connectivity index (χ2n) is 7.56. The molecule has 0 radical (unpaired) electrons. The van der Waals surface area contributed by atoms with Gasteiger partial charge in [-0.25, -0.2) is 0 Å². The molecule has 0 amide bonds. The summed E-state index contributed by atoms with van der Waals surface area (Å²) in [7, 11) is 3.46. The Labute approximate surface area is 163 Å². The number of methoxy groups -OCH3 is 2. The van der Waals surface area contributed by atoms with Gasteiger partial charge in [0.2, 0.25) is 0 Å². The van der Waals surface area contributed by atoms with Crippen molar-refractivity contribution in [2.75, 3.05) is 20.8 Å². The molecule has 0 aliphatic heterocycles. The highest BCUT2D eigenvalue weighted by molar-refractivity contribution is 5.42. The molecule has 3 rings (SSSR count). The summed E-state index contributed by atoms with van der Waals surface area (Å²) in [5.41, 5.74) is 1.67. The van der Waals surface area contributed by atoms with Gasteiger partial charge in [-0.05, 0) is 60.9 Å². The molecular weight excluding hydrogens is 336 g/mol. The van der Waals surface area contributed by atoms with Crippen molar-refractivity contribution in [3.05, 3.63) is 54.1 Å². The van der Waals surface area contributed by atoms with Crippen molar-refractivity contribution >= 4 is 0 Å². The summed E-state index contributed by atoms with van der Waals surface area (Å²) in [5.74, 6) is 2.76. The molecule has 0 atom stereocenters. The SMILES string of the molecule is COc1cc(OC)cc(C2(CCCCCOc3ccccc3)CCCC2)c1. The fourth-order valence-corrected chi connectivity index (χ4v) is 4.30. The Kier molecular flexibility index (Phi) is 7.03. The number of rotatable bonds is 10. The molecule has 0 heterocycles. The standard InChI is InChI=1S/C24H32O3/c1-25-22-17-20(18-23(19-22)26-2)24(14-8-9-15-24)13-7-4-10-16-27-21-11-5-3-6-12-21/h3,5-6,11-12,17-19H,4,7-10,13-16H2,1-2H3. The Bertz CT molecular complexity index is 668. The van der Waals surface area contributed by atoms with Crippen LogP contribution in [0.4, 0.5) is 0 Å². The molecule has 0 N–H and O–H groups in total. The minimum absolute atomic E-state index is 0.280. The second-order valence-corrected chi connectivity index (χ2v) is 7.56. The van der Waals surface area contributed by atoms with E-state index in [9.17, 15) is 0 Å². The van der Waals surface area contributed by atoms with Gasteiger partial charge >= 0.3 is 0 Å². The van der Waals surface area contributed by atoms with E-state index in [0.717, 1.165) is 30.3 Å². The summed E-state index contributed by atoms with van der Waals surface area (Å²) in [6.07, 6.45) is 9.94. The Morgan fingerprint density at radius 3 is 2.07 bits per heavy atom. The average molecular weight is 369 g/mol. The first-order valence-corrected chi connectivity index (χ1v) is 10.2. The highest BCUT2D eigenvalue weighted by atomic mass is 16.5. The molecule has 0 spiro atoms. The van der Waals surface area contributed by atoms with E-state index in [4.69, 9.17) is 14.2 Å². The minimum atomic E-state index is 0.280. The zero-order valence-corrected chi connectivity index (χ0v) is 16.7. The van der Waals surface area contributed by atoms with Gasteiger partial charge in [0.1, 0.15) is 17.2 Å². The molecule has 3 heteroatoms. The van der Waals surface area contributed by atoms with Crippen LogP contribution in [0.3, 0.4) is 0 Å². The fraction of sp³-hybridized carbons (Fsp3) is 0.500. The van der Waals surface area contributed by atoms with Gasteiger partial charge in [0.15, 0.2) is 0 Å². The summed E-state index contributed by atoms with van der Waals surface area (Å²) in [6.45, 7) is 0.796. The molecule has 2 aromatic carbocycles. The Morgan fingerprint density at radius 2 is 1.44 bits per heavy atom. The molecule has 3 nitrogen and oxygen atoms in total. The monoisotopic (exact) mass is 368 g/mol. The van der Waals surface area contributed by atoms with Crippen LogP contribution in [0.2, 0.25) is 0 Å². The molecule has 0 unspecified atom stereocenters. The van der Waals surface area contributed by atoms with Gasteiger partial charge in [0.25, 0.3) is 0 Å². The van der Waals surface area contributed by atoms with Crippen molar-refractivity contribution in [2.24, 2.45) is 0 Å². The van der Waals surface area contributed by atoms with Gasteiger partial charge in [0.05, 0.1) is 20.8 Å². The Hall–Kier alpha value is -2.16. The van der Waals surface area contributed by atoms with E-state index in [2.05, 4.69) is 12.1 Å². The predicted molar refractivity (Wildman–Crippen MR) is 110 cm³/mol. The normalized spacial score (nSPS) is 15.5. The van der Waals surface area contributed by atoms with Gasteiger partial charge < -0.3 is 14.2 Å². The lowest BCUT2D eigenvalue weighted by molar-refractivity contribution is 0.298. The first-order valence-electron chi connectivity index (χ1n) is 10.2. The van der Waals surface area contributed by atoms with Gasteiger partial charge in [-0.2, -0.15) is 0 Å². The van der Waals surface area contributed by atoms with E-state index < -0.39 is 0 Å². The van der Waals surface area contributed by atoms with Crippen molar-refractivity contribution in [3.63, 3.8) is 0 Å². The molecule has 1 aliphatic rings. The zero-order chi connectivity index (χ0) is 19.0. The lowest BCUT2D eigenvalue weighted by Gasteiger charge is -2.30. The second kappa shape index (κ2) is 9.68. The maximum Gasteiger partial charge on any atom is 0.122 e. The highest BCUT2D eigenvalue weighted by Gasteiger charge is 2.35. The number of ether oxygens (including phenoxy) is 3. The van der Waals surface area contributed by atoms with Crippen LogP contribution in [-0.4, -0.2) is 20.8 Å². The van der Waals surface area contributed by atoms with Crippen molar-refractivity contribution in [1.29, 1.82) is 0 Å². The van der Waals surface area contributed by atoms with Gasteiger partial charge in [-0.1, -0.05) is 43.9 Å². The summed E-state index contributed by atoms with van der Waals surface area (Å²) in [5, 5.41) is 0. The average Bonchev–Trinajstić information content (AvgIpc) is 3.21. The summed E-state index contributed by atoms with van der Waals surface area (Å²) < 4.78 is 16.8. The minimum Gasteiger partial charge on any atom is -0.497 e. The van der Waals surface area contributed by atoms with Crippen LogP contribution in [0, 0.1) is 0 Å². The molecule has 2 aromatic rings. The van der Waals surface area contributed by atoms with Gasteiger partial charge in [-0.3, -0.25) is 0 Å². The van der Waals surface area contributed by atoms with Gasteiger partial charge in [-0.15, -0.1) is 0 Å². The number of unbranched alkanes of at least 4 members (excludes halogenated alkanes) is 2. The van der Waals surface area contributed by atoms with Crippen LogP contribution in [0.1, 0.15) is 56.9 Å². The summed E-state index contributed by atoms with van der Waals surface area (Å²) in [4.78, 5) is 0. The molecule has 27 heavy (non-hydrogen) atoms. The molecule has 0 bridgehead atoms. The first-order chi connectivity index (χ1) is 13.3. The van der Waals surface area contributed by atoms with Crippen LogP contribution in [0.25, 0.3) is 0 Å². The Morgan fingerprint density at radius 1 is 0.778 bits per heavy atom. The largest absolute Gasteiger partial charge is 0.497 e. The van der Waals surface area contributed by atoms with E-state index in [0.29, 0.717) is 0 Å². The fourth-order valence-electron chi connectivity index (χ4n) is 4.30. The maximum atomic E-state index is 5.82. The molecule has 1 aliphatic carbocycles. The molecule has 0 aromatic heterocycles. The van der Waals surface area contributed by atoms with Crippen molar-refractivity contribution in [1.82, 2.24) is 0 Å². The van der Waals surface area contributed by atoms with Crippen LogP contribution in [-0.2, 0) is 5.41 Å². The molecular formula is C24H32O3. The van der Waals surface area contributed by atoms with E-state index in [-0.39, 0.29) is 5.41 Å². The van der Waals surface area contributed by atoms with Crippen LogP contribution >= 0.6 is 0 Å². The lowest BCUT2D eigenvalue weighted by atomic mass is 9.74. The molecule has 1 saturated carbocycles. The number of hydrogen-bond donors (Lipinski definition) is 0. The van der Waals surface area contributed by atoms with E-state index in [1.54, 1.807) is 14.2 Å². The third-order valence-corrected chi connectivity index (χ3v) is 5.84. The van der Waals surface area contributed by atoms with E-state index >= 15 is 0 Å². The number of para-hydroxylation sites is 1. The lowest BCUT2D eigenvalue weighted by Crippen LogP contribution is -2.22. The third kappa shape index (κ3) is 5.18. The quantitative estimate of drug-likeness (QED) is 0.470. The number of benzene rings is 2. The smallest absolute Gasteiger partial charge is 0.122 e. The van der Waals surface area contributed by atoms with E-state index in [1.165, 1.54) is 50.5 Å². The molecule has 0 saturated heterocycles. The molecule has 146 valence electrons. The van der Waals surface area contributed by atoms with Crippen molar-refractivity contribution in [3.8, 4) is 17.2 Å². The van der Waals surface area contributed by atoms with Crippen molar-refractivity contribution < 1.29 is 14.2 Å². The first kappa shape index (κ1) is 19.6. The summed E-state index contributed by atoms with van der Waals surface area (Å²) >= 11 is 0. The predicted octanol–water partition coefficient (Wildman–Crippen LogP) is 6.16. The van der Waals surface area contributed by atoms with Crippen LogP contribution in [0.15, 0.2) is 48.5 Å². The topological polar surface area (TPSA) is 27.7 Å². The maximum absolute atomic E-state index is 5.82. The van der Waals surface area contributed by atoms with Crippen LogP contribution in [0.5, 0.6) is 17.2 Å². The summed E-state index contributed by atoms with van der Waals surface area (Å²) in [6, 6.07) is 16.5.